The average Bonchev–Trinajstić information content (AvgIpc) is 2.65. The molecule has 2 aromatic heterocycles. The van der Waals surface area contributed by atoms with Crippen molar-refractivity contribution in [2.45, 2.75) is 0 Å². The number of allylic oxidation sites excluding steroid dienone is 4. The summed E-state index contributed by atoms with van der Waals surface area (Å²) in [4.78, 5) is 31.3. The smallest absolute Gasteiger partial charge is 0.271 e. The SMILES string of the molecule is Cn1c2ccccc2c(=O)c2c(=O)n(-c3ccccc3)c(C3=CC=C3)nc21. The fraction of sp³-hybridized carbons (Fsp3) is 0.0455. The highest BCUT2D eigenvalue weighted by atomic mass is 16.1. The van der Waals surface area contributed by atoms with E-state index in [1.807, 2.05) is 72.3 Å². The molecule has 0 amide bonds. The van der Waals surface area contributed by atoms with E-state index in [0.717, 1.165) is 11.1 Å². The number of fused-ring (bicyclic) bond motifs is 2. The first-order chi connectivity index (χ1) is 13.2. The van der Waals surface area contributed by atoms with Gasteiger partial charge < -0.3 is 4.57 Å². The van der Waals surface area contributed by atoms with E-state index in [2.05, 4.69) is 0 Å². The maximum Gasteiger partial charge on any atom is 0.271 e. The van der Waals surface area contributed by atoms with Gasteiger partial charge in [-0.1, -0.05) is 48.6 Å². The summed E-state index contributed by atoms with van der Waals surface area (Å²) in [6, 6.07) is 16.6. The number of benzene rings is 2. The minimum atomic E-state index is -0.353. The molecule has 130 valence electrons. The molecule has 0 saturated heterocycles. The van der Waals surface area contributed by atoms with Crippen molar-refractivity contribution in [3.8, 4) is 5.69 Å². The van der Waals surface area contributed by atoms with Crippen LogP contribution in [0.1, 0.15) is 5.82 Å². The highest BCUT2D eigenvalue weighted by molar-refractivity contribution is 5.92. The van der Waals surface area contributed by atoms with Crippen molar-refractivity contribution in [2.24, 2.45) is 7.05 Å². The fourth-order valence-corrected chi connectivity index (χ4v) is 3.51. The van der Waals surface area contributed by atoms with Gasteiger partial charge in [0.25, 0.3) is 5.56 Å². The van der Waals surface area contributed by atoms with Crippen LogP contribution in [0.5, 0.6) is 0 Å². The quantitative estimate of drug-likeness (QED) is 0.520. The Balaban J connectivity index is 2.02. The average molecular weight is 353 g/mol. The normalized spacial score (nSPS) is 13.0. The lowest BCUT2D eigenvalue weighted by atomic mass is 10.1. The predicted molar refractivity (Wildman–Crippen MR) is 107 cm³/mol. The Morgan fingerprint density at radius 2 is 1.63 bits per heavy atom. The van der Waals surface area contributed by atoms with Gasteiger partial charge in [-0.05, 0) is 24.3 Å². The Kier molecular flexibility index (Phi) is 3.24. The first kappa shape index (κ1) is 15.5. The highest BCUT2D eigenvalue weighted by Gasteiger charge is 2.21. The molecule has 0 N–H and O–H groups in total. The summed E-state index contributed by atoms with van der Waals surface area (Å²) in [5.74, 6) is 0.534. The third-order valence-corrected chi connectivity index (χ3v) is 4.94. The van der Waals surface area contributed by atoms with E-state index in [4.69, 9.17) is 4.98 Å². The molecule has 2 aromatic carbocycles. The number of hydrogen-bond donors (Lipinski definition) is 0. The molecule has 5 heteroatoms. The number of hydrogen-bond acceptors (Lipinski definition) is 3. The maximum atomic E-state index is 13.5. The van der Waals surface area contributed by atoms with E-state index in [-0.39, 0.29) is 16.4 Å². The molecule has 5 nitrogen and oxygen atoms in total. The van der Waals surface area contributed by atoms with Gasteiger partial charge >= 0.3 is 0 Å². The van der Waals surface area contributed by atoms with Crippen molar-refractivity contribution in [2.75, 3.05) is 0 Å². The summed E-state index contributed by atoms with van der Waals surface area (Å²) < 4.78 is 3.34. The van der Waals surface area contributed by atoms with E-state index < -0.39 is 0 Å². The number of aryl methyl sites for hydroxylation is 1. The first-order valence-electron chi connectivity index (χ1n) is 8.65. The summed E-state index contributed by atoms with van der Waals surface area (Å²) in [7, 11) is 1.83. The van der Waals surface area contributed by atoms with Crippen LogP contribution in [0.4, 0.5) is 0 Å². The minimum Gasteiger partial charge on any atom is -0.328 e. The van der Waals surface area contributed by atoms with Crippen molar-refractivity contribution in [3.63, 3.8) is 0 Å². The highest BCUT2D eigenvalue weighted by Crippen LogP contribution is 2.24. The van der Waals surface area contributed by atoms with E-state index in [9.17, 15) is 9.59 Å². The lowest BCUT2D eigenvalue weighted by Crippen LogP contribution is -2.29. The summed E-state index contributed by atoms with van der Waals surface area (Å²) in [5.41, 5.74) is 2.05. The molecule has 0 fully saturated rings. The molecule has 0 spiro atoms. The molecule has 0 unspecified atom stereocenters. The van der Waals surface area contributed by atoms with Gasteiger partial charge in [-0.3, -0.25) is 14.2 Å². The molecule has 0 saturated carbocycles. The van der Waals surface area contributed by atoms with E-state index >= 15 is 0 Å². The van der Waals surface area contributed by atoms with Crippen LogP contribution in [-0.4, -0.2) is 14.1 Å². The predicted octanol–water partition coefficient (Wildman–Crippen LogP) is 3.19. The van der Waals surface area contributed by atoms with Crippen LogP contribution in [0.25, 0.3) is 33.2 Å². The van der Waals surface area contributed by atoms with Crippen molar-refractivity contribution >= 4 is 27.5 Å². The summed E-state index contributed by atoms with van der Waals surface area (Å²) in [6.45, 7) is 0. The second kappa shape index (κ2) is 5.64. The Hall–Kier alpha value is -3.73. The van der Waals surface area contributed by atoms with Crippen molar-refractivity contribution < 1.29 is 0 Å². The van der Waals surface area contributed by atoms with Gasteiger partial charge in [-0.25, -0.2) is 4.98 Å². The van der Waals surface area contributed by atoms with E-state index in [0.29, 0.717) is 22.5 Å². The molecule has 1 aliphatic rings. The van der Waals surface area contributed by atoms with Crippen LogP contribution in [0, 0.1) is 0 Å². The number of rotatable bonds is 2. The molecule has 2 heterocycles. The van der Waals surface area contributed by atoms with Crippen molar-refractivity contribution in [3.05, 3.63) is 99.2 Å². The first-order valence-corrected chi connectivity index (χ1v) is 8.65. The van der Waals surface area contributed by atoms with Crippen LogP contribution in [0.2, 0.25) is 0 Å². The number of para-hydroxylation sites is 2. The van der Waals surface area contributed by atoms with Gasteiger partial charge in [-0.15, -0.1) is 0 Å². The van der Waals surface area contributed by atoms with E-state index in [1.54, 1.807) is 12.1 Å². The van der Waals surface area contributed by atoms with E-state index in [1.165, 1.54) is 4.57 Å². The molecule has 0 aliphatic heterocycles. The fourth-order valence-electron chi connectivity index (χ4n) is 3.51. The van der Waals surface area contributed by atoms with Crippen molar-refractivity contribution in [1.29, 1.82) is 0 Å². The van der Waals surface area contributed by atoms with Gasteiger partial charge in [0.2, 0.25) is 5.43 Å². The second-order valence-corrected chi connectivity index (χ2v) is 6.50. The van der Waals surface area contributed by atoms with Crippen LogP contribution >= 0.6 is 0 Å². The molecule has 1 aliphatic carbocycles. The molecular formula is C22H15N3O2. The largest absolute Gasteiger partial charge is 0.328 e. The molecule has 0 radical (unpaired) electrons. The van der Waals surface area contributed by atoms with Gasteiger partial charge in [-0.2, -0.15) is 0 Å². The zero-order valence-corrected chi connectivity index (χ0v) is 14.6. The number of pyridine rings is 1. The third kappa shape index (κ3) is 2.15. The molecule has 27 heavy (non-hydrogen) atoms. The summed E-state index contributed by atoms with van der Waals surface area (Å²) in [5, 5.41) is 0.620. The van der Waals surface area contributed by atoms with Gasteiger partial charge in [0.1, 0.15) is 11.2 Å². The second-order valence-electron chi connectivity index (χ2n) is 6.50. The maximum absolute atomic E-state index is 13.5. The molecule has 0 bridgehead atoms. The third-order valence-electron chi connectivity index (χ3n) is 4.94. The molecule has 5 rings (SSSR count). The Morgan fingerprint density at radius 1 is 0.926 bits per heavy atom. The lowest BCUT2D eigenvalue weighted by molar-refractivity contribution is 0.897. The zero-order valence-electron chi connectivity index (χ0n) is 14.6. The summed E-state index contributed by atoms with van der Waals surface area (Å²) >= 11 is 0. The lowest BCUT2D eigenvalue weighted by Gasteiger charge is -2.18. The van der Waals surface area contributed by atoms with Gasteiger partial charge in [0, 0.05) is 18.0 Å². The number of nitrogens with zero attached hydrogens (tertiary/aromatic N) is 3. The number of aromatic nitrogens is 3. The summed E-state index contributed by atoms with van der Waals surface area (Å²) in [6.07, 6.45) is 5.72. The Morgan fingerprint density at radius 3 is 2.33 bits per heavy atom. The van der Waals surface area contributed by atoms with Crippen LogP contribution in [0.3, 0.4) is 0 Å². The minimum absolute atomic E-state index is 0.104. The van der Waals surface area contributed by atoms with Crippen molar-refractivity contribution in [1.82, 2.24) is 14.1 Å². The van der Waals surface area contributed by atoms with Crippen LogP contribution < -0.4 is 11.0 Å². The Bertz CT molecular complexity index is 1410. The standard InChI is InChI=1S/C22H15N3O2/c1-24-17-13-6-5-12-16(17)19(26)18-21(24)23-20(14-8-7-9-14)25(22(18)27)15-10-3-2-4-11-15/h2-13H,1H3. The molecular weight excluding hydrogens is 338 g/mol. The molecule has 0 atom stereocenters. The molecule has 4 aromatic rings. The van der Waals surface area contributed by atoms with Gasteiger partial charge in [0.15, 0.2) is 5.65 Å². The van der Waals surface area contributed by atoms with Crippen LogP contribution in [0.15, 0.2) is 82.4 Å². The van der Waals surface area contributed by atoms with Gasteiger partial charge in [0.05, 0.1) is 11.2 Å². The topological polar surface area (TPSA) is 56.9 Å². The zero-order chi connectivity index (χ0) is 18.5. The Labute approximate surface area is 154 Å². The monoisotopic (exact) mass is 353 g/mol. The van der Waals surface area contributed by atoms with Crippen LogP contribution in [-0.2, 0) is 7.05 Å².